The van der Waals surface area contributed by atoms with E-state index < -0.39 is 0 Å². The number of aryl methyl sites for hydroxylation is 3. The Kier molecular flexibility index (Phi) is 5.24. The van der Waals surface area contributed by atoms with E-state index in [0.29, 0.717) is 18.3 Å². The van der Waals surface area contributed by atoms with Gasteiger partial charge in [0, 0.05) is 30.4 Å². The molecule has 3 heterocycles. The van der Waals surface area contributed by atoms with Crippen molar-refractivity contribution in [1.29, 1.82) is 0 Å². The predicted molar refractivity (Wildman–Crippen MR) is 89.5 cm³/mol. The molecule has 24 heavy (non-hydrogen) atoms. The summed E-state index contributed by atoms with van der Waals surface area (Å²) in [4.78, 5) is 12.2. The van der Waals surface area contributed by atoms with Crippen LogP contribution in [0, 0.1) is 13.8 Å². The fourth-order valence-corrected chi connectivity index (χ4v) is 3.06. The summed E-state index contributed by atoms with van der Waals surface area (Å²) in [5.41, 5.74) is 3.23. The number of hydrogen-bond donors (Lipinski definition) is 3. The van der Waals surface area contributed by atoms with Gasteiger partial charge in [0.1, 0.15) is 0 Å². The Morgan fingerprint density at radius 3 is 3.00 bits per heavy atom. The minimum atomic E-state index is -0.211. The molecule has 0 saturated carbocycles. The molecule has 0 aromatic carbocycles. The van der Waals surface area contributed by atoms with E-state index in [0.717, 1.165) is 36.5 Å². The highest BCUT2D eigenvalue weighted by Crippen LogP contribution is 2.11. The molecule has 0 spiro atoms. The monoisotopic (exact) mass is 331 g/mol. The summed E-state index contributed by atoms with van der Waals surface area (Å²) in [5, 5.41) is 21.5. The molecule has 0 bridgehead atoms. The number of rotatable bonds is 6. The third kappa shape index (κ3) is 4.00. The zero-order valence-electron chi connectivity index (χ0n) is 14.3. The van der Waals surface area contributed by atoms with Gasteiger partial charge in [0.2, 0.25) is 0 Å². The normalized spacial score (nSPS) is 17.8. The summed E-state index contributed by atoms with van der Waals surface area (Å²) in [6, 6.07) is 0.548. The molecule has 2 aromatic heterocycles. The van der Waals surface area contributed by atoms with E-state index in [2.05, 4.69) is 31.1 Å². The molecule has 1 saturated heterocycles. The van der Waals surface area contributed by atoms with Crippen molar-refractivity contribution in [3.63, 3.8) is 0 Å². The zero-order valence-corrected chi connectivity index (χ0v) is 14.3. The number of piperidine rings is 1. The van der Waals surface area contributed by atoms with Gasteiger partial charge in [-0.2, -0.15) is 5.10 Å². The van der Waals surface area contributed by atoms with Crippen LogP contribution in [0.2, 0.25) is 0 Å². The predicted octanol–water partition coefficient (Wildman–Crippen LogP) is 1.08. The lowest BCUT2D eigenvalue weighted by Crippen LogP contribution is -2.34. The van der Waals surface area contributed by atoms with Gasteiger partial charge in [-0.15, -0.1) is 5.10 Å². The summed E-state index contributed by atoms with van der Waals surface area (Å²) >= 11 is 0. The molecule has 0 aliphatic carbocycles. The fraction of sp³-hybridized carbons (Fsp3) is 0.625. The lowest BCUT2D eigenvalue weighted by atomic mass is 10.0. The maximum absolute atomic E-state index is 12.2. The number of aromatic amines is 1. The Hall–Kier alpha value is -2.22. The second kappa shape index (κ2) is 7.57. The molecule has 1 atom stereocenters. The Morgan fingerprint density at radius 2 is 2.29 bits per heavy atom. The average molecular weight is 331 g/mol. The van der Waals surface area contributed by atoms with Crippen LogP contribution in [0.5, 0.6) is 0 Å². The van der Waals surface area contributed by atoms with Crippen molar-refractivity contribution >= 4 is 5.91 Å². The SMILES string of the molecule is Cc1n[nH]c(C)c1CNC(=O)c1cn(CC[C@@H]2CCCCN2)nn1. The molecule has 8 nitrogen and oxygen atoms in total. The summed E-state index contributed by atoms with van der Waals surface area (Å²) < 4.78 is 1.75. The summed E-state index contributed by atoms with van der Waals surface area (Å²) in [7, 11) is 0. The average Bonchev–Trinajstić information content (AvgIpc) is 3.19. The second-order valence-corrected chi connectivity index (χ2v) is 6.40. The van der Waals surface area contributed by atoms with E-state index >= 15 is 0 Å². The van der Waals surface area contributed by atoms with Crippen LogP contribution in [-0.4, -0.2) is 43.7 Å². The summed E-state index contributed by atoms with van der Waals surface area (Å²) in [5.74, 6) is -0.211. The molecule has 3 N–H and O–H groups in total. The molecule has 0 radical (unpaired) electrons. The minimum Gasteiger partial charge on any atom is -0.346 e. The number of H-pyrrole nitrogens is 1. The third-order valence-electron chi connectivity index (χ3n) is 4.60. The van der Waals surface area contributed by atoms with E-state index in [1.54, 1.807) is 10.9 Å². The van der Waals surface area contributed by atoms with Gasteiger partial charge in [-0.3, -0.25) is 14.6 Å². The largest absolute Gasteiger partial charge is 0.346 e. The molecule has 130 valence electrons. The molecule has 0 unspecified atom stereocenters. The molecule has 2 aromatic rings. The second-order valence-electron chi connectivity index (χ2n) is 6.40. The summed E-state index contributed by atoms with van der Waals surface area (Å²) in [6.07, 6.45) is 6.49. The maximum Gasteiger partial charge on any atom is 0.273 e. The van der Waals surface area contributed by atoms with Crippen molar-refractivity contribution in [2.24, 2.45) is 0 Å². The number of amides is 1. The first kappa shape index (κ1) is 16.6. The molecular formula is C16H25N7O. The number of nitrogens with one attached hydrogen (secondary N) is 3. The lowest BCUT2D eigenvalue weighted by molar-refractivity contribution is 0.0945. The lowest BCUT2D eigenvalue weighted by Gasteiger charge is -2.23. The third-order valence-corrected chi connectivity index (χ3v) is 4.60. The van der Waals surface area contributed by atoms with E-state index in [1.807, 2.05) is 13.8 Å². The summed E-state index contributed by atoms with van der Waals surface area (Å²) in [6.45, 7) is 6.17. The maximum atomic E-state index is 12.2. The number of carbonyl (C=O) groups excluding carboxylic acids is 1. The minimum absolute atomic E-state index is 0.211. The quantitative estimate of drug-likeness (QED) is 0.735. The first-order valence-corrected chi connectivity index (χ1v) is 8.55. The highest BCUT2D eigenvalue weighted by Gasteiger charge is 2.15. The van der Waals surface area contributed by atoms with Gasteiger partial charge in [-0.1, -0.05) is 11.6 Å². The smallest absolute Gasteiger partial charge is 0.273 e. The molecular weight excluding hydrogens is 306 g/mol. The van der Waals surface area contributed by atoms with Crippen molar-refractivity contribution in [3.05, 3.63) is 28.8 Å². The van der Waals surface area contributed by atoms with Crippen molar-refractivity contribution in [2.45, 2.75) is 58.7 Å². The molecule has 8 heteroatoms. The van der Waals surface area contributed by atoms with Crippen LogP contribution in [0.15, 0.2) is 6.20 Å². The standard InChI is InChI=1S/C16H25N7O/c1-11-14(12(2)20-19-11)9-18-16(24)15-10-23(22-21-15)8-6-13-5-3-4-7-17-13/h10,13,17H,3-9H2,1-2H3,(H,18,24)(H,19,20)/t13-/m0/s1. The topological polar surface area (TPSA) is 101 Å². The number of nitrogens with zero attached hydrogens (tertiary/aromatic N) is 4. The van der Waals surface area contributed by atoms with Crippen LogP contribution >= 0.6 is 0 Å². The number of hydrogen-bond acceptors (Lipinski definition) is 5. The van der Waals surface area contributed by atoms with Crippen LogP contribution in [0.1, 0.15) is 53.1 Å². The number of aromatic nitrogens is 5. The zero-order chi connectivity index (χ0) is 16.9. The highest BCUT2D eigenvalue weighted by molar-refractivity contribution is 5.91. The first-order valence-electron chi connectivity index (χ1n) is 8.55. The Morgan fingerprint density at radius 1 is 1.42 bits per heavy atom. The van der Waals surface area contributed by atoms with E-state index in [4.69, 9.17) is 0 Å². The Balaban J connectivity index is 1.50. The van der Waals surface area contributed by atoms with Gasteiger partial charge >= 0.3 is 0 Å². The molecule has 1 fully saturated rings. The van der Waals surface area contributed by atoms with Gasteiger partial charge in [0.15, 0.2) is 5.69 Å². The van der Waals surface area contributed by atoms with Crippen molar-refractivity contribution in [2.75, 3.05) is 6.54 Å². The van der Waals surface area contributed by atoms with Crippen molar-refractivity contribution in [3.8, 4) is 0 Å². The van der Waals surface area contributed by atoms with Gasteiger partial charge in [0.25, 0.3) is 5.91 Å². The van der Waals surface area contributed by atoms with Crippen LogP contribution in [0.4, 0.5) is 0 Å². The van der Waals surface area contributed by atoms with E-state index in [-0.39, 0.29) is 5.91 Å². The van der Waals surface area contributed by atoms with Gasteiger partial charge < -0.3 is 10.6 Å². The van der Waals surface area contributed by atoms with Gasteiger partial charge in [-0.05, 0) is 39.7 Å². The Bertz CT molecular complexity index is 665. The van der Waals surface area contributed by atoms with Crippen LogP contribution < -0.4 is 10.6 Å². The molecule has 1 aliphatic rings. The van der Waals surface area contributed by atoms with Gasteiger partial charge in [-0.25, -0.2) is 0 Å². The highest BCUT2D eigenvalue weighted by atomic mass is 16.2. The van der Waals surface area contributed by atoms with Crippen LogP contribution in [0.25, 0.3) is 0 Å². The van der Waals surface area contributed by atoms with E-state index in [9.17, 15) is 4.79 Å². The van der Waals surface area contributed by atoms with Crippen molar-refractivity contribution < 1.29 is 4.79 Å². The Labute approximate surface area is 141 Å². The van der Waals surface area contributed by atoms with Crippen LogP contribution in [-0.2, 0) is 13.1 Å². The molecule has 1 amide bonds. The molecule has 3 rings (SSSR count). The molecule has 1 aliphatic heterocycles. The number of carbonyl (C=O) groups is 1. The first-order chi connectivity index (χ1) is 11.6. The van der Waals surface area contributed by atoms with Crippen molar-refractivity contribution in [1.82, 2.24) is 35.8 Å². The fourth-order valence-electron chi connectivity index (χ4n) is 3.06. The van der Waals surface area contributed by atoms with Crippen LogP contribution in [0.3, 0.4) is 0 Å². The van der Waals surface area contributed by atoms with Gasteiger partial charge in [0.05, 0.1) is 11.9 Å². The van der Waals surface area contributed by atoms with E-state index in [1.165, 1.54) is 19.3 Å².